The molecule has 1 nitrogen and oxygen atoms in total. The highest BCUT2D eigenvalue weighted by molar-refractivity contribution is 9.20. The molecule has 0 aromatic heterocycles. The molecule has 0 aliphatic heterocycles. The van der Waals surface area contributed by atoms with E-state index in [0.29, 0.717) is 0 Å². The van der Waals surface area contributed by atoms with E-state index in [0.717, 1.165) is 12.8 Å². The molecule has 0 bridgehead atoms. The molecule has 1 unspecified atom stereocenters. The van der Waals surface area contributed by atoms with Gasteiger partial charge in [0.25, 0.3) is 0 Å². The van der Waals surface area contributed by atoms with Crippen LogP contribution in [0, 0.1) is 0 Å². The van der Waals surface area contributed by atoms with Crippen LogP contribution in [0.1, 0.15) is 26.7 Å². The normalized spacial score (nSPS) is 16.9. The summed E-state index contributed by atoms with van der Waals surface area (Å²) < 4.78 is -0.335. The van der Waals surface area contributed by atoms with E-state index in [-0.39, 0.29) is 9.02 Å². The summed E-state index contributed by atoms with van der Waals surface area (Å²) in [6, 6.07) is 0. The molecule has 0 saturated carbocycles. The van der Waals surface area contributed by atoms with Gasteiger partial charge in [-0.2, -0.15) is 0 Å². The molecule has 0 rings (SSSR count). The summed E-state index contributed by atoms with van der Waals surface area (Å²) in [5.41, 5.74) is 0. The first kappa shape index (κ1) is 9.63. The van der Waals surface area contributed by atoms with Gasteiger partial charge in [-0.1, -0.05) is 29.3 Å². The second-order valence-electron chi connectivity index (χ2n) is 2.22. The van der Waals surface area contributed by atoms with Gasteiger partial charge < -0.3 is 0 Å². The van der Waals surface area contributed by atoms with Crippen LogP contribution in [-0.2, 0) is 4.79 Å². The van der Waals surface area contributed by atoms with E-state index in [1.807, 2.05) is 6.92 Å². The van der Waals surface area contributed by atoms with Gasteiger partial charge >= 0.3 is 0 Å². The maximum absolute atomic E-state index is 10.7. The number of alkyl halides is 1. The van der Waals surface area contributed by atoms with Crippen LogP contribution in [0.25, 0.3) is 0 Å². The zero-order valence-corrected chi connectivity index (χ0v) is 8.75. The fourth-order valence-corrected chi connectivity index (χ4v) is 1.16. The van der Waals surface area contributed by atoms with E-state index in [1.165, 1.54) is 0 Å². The fourth-order valence-electron chi connectivity index (χ4n) is 0.568. The van der Waals surface area contributed by atoms with Crippen molar-refractivity contribution in [3.8, 4) is 0 Å². The Morgan fingerprint density at radius 1 is 1.67 bits per heavy atom. The summed E-state index contributed by atoms with van der Waals surface area (Å²) in [5, 5.41) is 0. The average Bonchev–Trinajstić information content (AvgIpc) is 1.65. The predicted octanol–water partition coefficient (Wildman–Crippen LogP) is 2.86. The van der Waals surface area contributed by atoms with Crippen LogP contribution >= 0.6 is 31.9 Å². The van der Waals surface area contributed by atoms with Crippen molar-refractivity contribution in [3.63, 3.8) is 0 Å². The van der Waals surface area contributed by atoms with Crippen LogP contribution in [0.15, 0.2) is 0 Å². The van der Waals surface area contributed by atoms with Crippen molar-refractivity contribution in [1.29, 1.82) is 0 Å². The lowest BCUT2D eigenvalue weighted by Crippen LogP contribution is -2.22. The number of halogens is 2. The number of hydrogen-bond donors (Lipinski definition) is 0. The molecule has 1 atom stereocenters. The molecular formula is C6H10Br2O. The van der Waals surface area contributed by atoms with Gasteiger partial charge in [0.15, 0.2) is 0 Å². The van der Waals surface area contributed by atoms with Crippen molar-refractivity contribution < 1.29 is 4.79 Å². The van der Waals surface area contributed by atoms with Crippen molar-refractivity contribution in [1.82, 2.24) is 0 Å². The molecule has 0 aliphatic rings. The summed E-state index contributed by atoms with van der Waals surface area (Å²) in [7, 11) is 0. The maximum atomic E-state index is 10.7. The van der Waals surface area contributed by atoms with E-state index in [2.05, 4.69) is 38.8 Å². The Morgan fingerprint density at radius 3 is 2.22 bits per heavy atom. The Bertz CT molecular complexity index is 110. The molecule has 0 aromatic rings. The first-order valence-electron chi connectivity index (χ1n) is 2.89. The number of rotatable bonds is 3. The van der Waals surface area contributed by atoms with Crippen molar-refractivity contribution in [2.75, 3.05) is 0 Å². The minimum Gasteiger partial charge on any atom is -0.285 e. The van der Waals surface area contributed by atoms with Crippen molar-refractivity contribution in [3.05, 3.63) is 0 Å². The average molecular weight is 258 g/mol. The molecule has 0 aliphatic carbocycles. The van der Waals surface area contributed by atoms with E-state index in [1.54, 1.807) is 0 Å². The Morgan fingerprint density at radius 2 is 2.11 bits per heavy atom. The zero-order chi connectivity index (χ0) is 7.49. The SMILES string of the molecule is CCCC(C)(Br)C(=O)Br. The molecule has 54 valence electrons. The zero-order valence-electron chi connectivity index (χ0n) is 5.58. The second-order valence-corrected chi connectivity index (χ2v) is 4.69. The van der Waals surface area contributed by atoms with Crippen LogP contribution < -0.4 is 0 Å². The molecule has 0 saturated heterocycles. The Kier molecular flexibility index (Phi) is 3.97. The molecule has 0 radical (unpaired) electrons. The van der Waals surface area contributed by atoms with Crippen LogP contribution in [0.5, 0.6) is 0 Å². The summed E-state index contributed by atoms with van der Waals surface area (Å²) in [4.78, 5) is 10.7. The molecule has 9 heavy (non-hydrogen) atoms. The van der Waals surface area contributed by atoms with Gasteiger partial charge in [0.05, 0.1) is 4.32 Å². The van der Waals surface area contributed by atoms with Gasteiger partial charge in [0, 0.05) is 0 Å². The van der Waals surface area contributed by atoms with Gasteiger partial charge in [0.1, 0.15) is 0 Å². The van der Waals surface area contributed by atoms with Gasteiger partial charge in [-0.05, 0) is 29.3 Å². The van der Waals surface area contributed by atoms with Gasteiger partial charge in [-0.3, -0.25) is 4.79 Å². The smallest absolute Gasteiger partial charge is 0.214 e. The number of hydrogen-bond acceptors (Lipinski definition) is 1. The van der Waals surface area contributed by atoms with Gasteiger partial charge in [-0.25, -0.2) is 0 Å². The molecule has 0 spiro atoms. The maximum Gasteiger partial charge on any atom is 0.214 e. The highest BCUT2D eigenvalue weighted by Gasteiger charge is 2.25. The third-order valence-corrected chi connectivity index (χ3v) is 3.29. The largest absolute Gasteiger partial charge is 0.285 e. The highest BCUT2D eigenvalue weighted by atomic mass is 79.9. The first-order valence-corrected chi connectivity index (χ1v) is 4.48. The van der Waals surface area contributed by atoms with Crippen LogP contribution in [0.2, 0.25) is 0 Å². The van der Waals surface area contributed by atoms with Gasteiger partial charge in [0.2, 0.25) is 4.69 Å². The van der Waals surface area contributed by atoms with Gasteiger partial charge in [-0.15, -0.1) is 0 Å². The molecule has 0 heterocycles. The fraction of sp³-hybridized carbons (Fsp3) is 0.833. The Labute approximate surface area is 72.5 Å². The summed E-state index contributed by atoms with van der Waals surface area (Å²) in [6.07, 6.45) is 1.89. The van der Waals surface area contributed by atoms with Crippen LogP contribution in [0.3, 0.4) is 0 Å². The third kappa shape index (κ3) is 3.36. The van der Waals surface area contributed by atoms with Crippen LogP contribution in [0.4, 0.5) is 0 Å². The molecule has 0 amide bonds. The molecule has 0 N–H and O–H groups in total. The van der Waals surface area contributed by atoms with Crippen LogP contribution in [-0.4, -0.2) is 9.02 Å². The van der Waals surface area contributed by atoms with E-state index >= 15 is 0 Å². The standard InChI is InChI=1S/C6H10Br2O/c1-3-4-6(2,8)5(7)9/h3-4H2,1-2H3. The molecule has 0 aromatic carbocycles. The lowest BCUT2D eigenvalue weighted by Gasteiger charge is -2.15. The predicted molar refractivity (Wildman–Crippen MR) is 46.2 cm³/mol. The minimum atomic E-state index is -0.359. The quantitative estimate of drug-likeness (QED) is 0.561. The molecular weight excluding hydrogens is 248 g/mol. The third-order valence-electron chi connectivity index (χ3n) is 1.13. The lowest BCUT2D eigenvalue weighted by atomic mass is 10.1. The summed E-state index contributed by atoms with van der Waals surface area (Å²) in [5.74, 6) is 0. The van der Waals surface area contributed by atoms with E-state index < -0.39 is 0 Å². The Balaban J connectivity index is 3.85. The monoisotopic (exact) mass is 256 g/mol. The summed E-state index contributed by atoms with van der Waals surface area (Å²) in [6.45, 7) is 3.92. The Hall–Kier alpha value is 0.630. The molecule has 0 fully saturated rings. The molecule has 3 heteroatoms. The van der Waals surface area contributed by atoms with Crippen molar-refractivity contribution in [2.45, 2.75) is 31.0 Å². The topological polar surface area (TPSA) is 17.1 Å². The highest BCUT2D eigenvalue weighted by Crippen LogP contribution is 2.26. The van der Waals surface area contributed by atoms with E-state index in [4.69, 9.17) is 0 Å². The minimum absolute atomic E-state index is 0.0249. The van der Waals surface area contributed by atoms with Crippen molar-refractivity contribution in [2.24, 2.45) is 0 Å². The van der Waals surface area contributed by atoms with E-state index in [9.17, 15) is 4.79 Å². The van der Waals surface area contributed by atoms with Crippen molar-refractivity contribution >= 4 is 36.6 Å². The summed E-state index contributed by atoms with van der Waals surface area (Å²) >= 11 is 6.22. The number of carbonyl (C=O) groups excluding carboxylic acids is 1. The lowest BCUT2D eigenvalue weighted by molar-refractivity contribution is -0.112. The number of carbonyl (C=O) groups is 1. The second kappa shape index (κ2) is 3.71. The first-order chi connectivity index (χ1) is 4.00.